The van der Waals surface area contributed by atoms with Crippen LogP contribution in [0.5, 0.6) is 0 Å². The Morgan fingerprint density at radius 3 is 2.00 bits per heavy atom. The van der Waals surface area contributed by atoms with Gasteiger partial charge < -0.3 is 5.43 Å². The first-order chi connectivity index (χ1) is 10.2. The largest absolute Gasteiger partial charge is 0.324 e. The van der Waals surface area contributed by atoms with E-state index in [9.17, 15) is 16.8 Å². The van der Waals surface area contributed by atoms with Crippen LogP contribution in [0.1, 0.15) is 0 Å². The lowest BCUT2D eigenvalue weighted by molar-refractivity contribution is 0.483. The van der Waals surface area contributed by atoms with Gasteiger partial charge in [-0.15, -0.1) is 0 Å². The van der Waals surface area contributed by atoms with E-state index in [4.69, 9.17) is 10.4 Å². The van der Waals surface area contributed by atoms with Gasteiger partial charge in [0.15, 0.2) is 0 Å². The lowest BCUT2D eigenvalue weighted by Crippen LogP contribution is -2.14. The van der Waals surface area contributed by atoms with Gasteiger partial charge in [0.1, 0.15) is 0 Å². The van der Waals surface area contributed by atoms with Crippen molar-refractivity contribution in [3.8, 4) is 0 Å². The van der Waals surface area contributed by atoms with Crippen LogP contribution in [-0.2, 0) is 20.1 Å². The van der Waals surface area contributed by atoms with E-state index in [1.54, 1.807) is 6.07 Å². The average Bonchev–Trinajstić information content (AvgIpc) is 2.46. The van der Waals surface area contributed by atoms with Crippen molar-refractivity contribution in [2.75, 3.05) is 10.1 Å². The van der Waals surface area contributed by atoms with Crippen LogP contribution in [-0.4, -0.2) is 21.4 Å². The molecule has 0 saturated carbocycles. The second-order valence-corrected chi connectivity index (χ2v) is 7.38. The van der Waals surface area contributed by atoms with Gasteiger partial charge in [0.05, 0.1) is 15.5 Å². The Morgan fingerprint density at radius 1 is 0.864 bits per heavy atom. The molecular formula is C12H13N3O5S2. The number of hydrogen-bond donors (Lipinski definition) is 4. The fourth-order valence-corrected chi connectivity index (χ4v) is 3.31. The summed E-state index contributed by atoms with van der Waals surface area (Å²) in [6.07, 6.45) is 0. The number of benzene rings is 2. The fraction of sp³-hybridized carbons (Fsp3) is 0. The summed E-state index contributed by atoms with van der Waals surface area (Å²) < 4.78 is 57.8. The first-order valence-electron chi connectivity index (χ1n) is 5.89. The Morgan fingerprint density at radius 2 is 1.41 bits per heavy atom. The van der Waals surface area contributed by atoms with Crippen molar-refractivity contribution in [2.24, 2.45) is 5.84 Å². The van der Waals surface area contributed by atoms with Crippen LogP contribution in [0.2, 0.25) is 0 Å². The maximum atomic E-state index is 12.2. The lowest BCUT2D eigenvalue weighted by atomic mass is 10.3. The number of nitrogens with two attached hydrogens (primary N) is 1. The second-order valence-electron chi connectivity index (χ2n) is 4.28. The van der Waals surface area contributed by atoms with Crippen molar-refractivity contribution >= 4 is 31.5 Å². The van der Waals surface area contributed by atoms with Crippen molar-refractivity contribution in [2.45, 2.75) is 9.79 Å². The molecule has 0 unspecified atom stereocenters. The fourth-order valence-electron chi connectivity index (χ4n) is 1.69. The molecule has 10 heteroatoms. The summed E-state index contributed by atoms with van der Waals surface area (Å²) >= 11 is 0. The summed E-state index contributed by atoms with van der Waals surface area (Å²) in [7, 11) is -8.35. The van der Waals surface area contributed by atoms with Crippen LogP contribution in [0.25, 0.3) is 0 Å². The summed E-state index contributed by atoms with van der Waals surface area (Å²) in [6, 6.07) is 10.6. The van der Waals surface area contributed by atoms with Crippen molar-refractivity contribution < 1.29 is 21.4 Å². The van der Waals surface area contributed by atoms with Gasteiger partial charge in [0, 0.05) is 5.69 Å². The van der Waals surface area contributed by atoms with E-state index in [1.807, 2.05) is 0 Å². The van der Waals surface area contributed by atoms with Crippen LogP contribution in [0.15, 0.2) is 58.3 Å². The second kappa shape index (κ2) is 5.93. The number of hydrogen-bond acceptors (Lipinski definition) is 6. The average molecular weight is 343 g/mol. The molecule has 0 atom stereocenters. The predicted molar refractivity (Wildman–Crippen MR) is 81.3 cm³/mol. The van der Waals surface area contributed by atoms with Gasteiger partial charge in [-0.3, -0.25) is 15.1 Å². The zero-order valence-electron chi connectivity index (χ0n) is 11.1. The minimum Gasteiger partial charge on any atom is -0.324 e. The monoisotopic (exact) mass is 343 g/mol. The minimum atomic E-state index is -4.42. The molecule has 22 heavy (non-hydrogen) atoms. The molecule has 2 aromatic carbocycles. The van der Waals surface area contributed by atoms with Crippen LogP contribution in [0.3, 0.4) is 0 Å². The molecule has 0 spiro atoms. The highest BCUT2D eigenvalue weighted by molar-refractivity contribution is 7.92. The van der Waals surface area contributed by atoms with Crippen LogP contribution in [0.4, 0.5) is 11.4 Å². The standard InChI is InChI=1S/C12H13N3O5S2/c13-14-9-3-1-5-11(7-9)21(16,17)15-10-4-2-6-12(8-10)22(18,19)20/h1-8,14-15H,13H2,(H,18,19,20). The molecule has 5 N–H and O–H groups in total. The Labute approximate surface area is 127 Å². The molecule has 0 aliphatic rings. The number of nitrogens with one attached hydrogen (secondary N) is 2. The van der Waals surface area contributed by atoms with Gasteiger partial charge in [-0.25, -0.2) is 8.42 Å². The third-order valence-corrected chi connectivity index (χ3v) is 4.92. The number of rotatable bonds is 5. The van der Waals surface area contributed by atoms with Gasteiger partial charge in [-0.1, -0.05) is 12.1 Å². The maximum absolute atomic E-state index is 12.2. The van der Waals surface area contributed by atoms with Crippen LogP contribution < -0.4 is 16.0 Å². The predicted octanol–water partition coefficient (Wildman–Crippen LogP) is 1.02. The van der Waals surface area contributed by atoms with E-state index in [-0.39, 0.29) is 10.6 Å². The first kappa shape index (κ1) is 16.2. The highest BCUT2D eigenvalue weighted by Crippen LogP contribution is 2.21. The van der Waals surface area contributed by atoms with Crippen molar-refractivity contribution in [3.63, 3.8) is 0 Å². The minimum absolute atomic E-state index is 0.00114. The molecule has 0 aliphatic heterocycles. The zero-order chi connectivity index (χ0) is 16.4. The Kier molecular flexibility index (Phi) is 4.37. The summed E-state index contributed by atoms with van der Waals surface area (Å²) in [4.78, 5) is -0.467. The van der Waals surface area contributed by atoms with Gasteiger partial charge in [-0.2, -0.15) is 8.42 Å². The third-order valence-electron chi connectivity index (χ3n) is 2.70. The molecule has 0 heterocycles. The molecule has 0 bridgehead atoms. The van der Waals surface area contributed by atoms with Gasteiger partial charge in [-0.05, 0) is 36.4 Å². The molecule has 0 aromatic heterocycles. The molecule has 118 valence electrons. The van der Waals surface area contributed by atoms with Crippen molar-refractivity contribution in [3.05, 3.63) is 48.5 Å². The van der Waals surface area contributed by atoms with E-state index in [2.05, 4.69) is 10.1 Å². The first-order valence-corrected chi connectivity index (χ1v) is 8.82. The molecule has 2 rings (SSSR count). The van der Waals surface area contributed by atoms with Gasteiger partial charge >= 0.3 is 0 Å². The third kappa shape index (κ3) is 3.74. The Balaban J connectivity index is 2.37. The van der Waals surface area contributed by atoms with Crippen molar-refractivity contribution in [1.82, 2.24) is 0 Å². The summed E-state index contributed by atoms with van der Waals surface area (Å²) in [6.45, 7) is 0. The van der Waals surface area contributed by atoms with E-state index in [1.165, 1.54) is 30.3 Å². The number of hydrazine groups is 1. The smallest absolute Gasteiger partial charge is 0.294 e. The highest BCUT2D eigenvalue weighted by atomic mass is 32.2. The van der Waals surface area contributed by atoms with E-state index >= 15 is 0 Å². The molecule has 0 aliphatic carbocycles. The molecule has 8 nitrogen and oxygen atoms in total. The number of sulfonamides is 1. The maximum Gasteiger partial charge on any atom is 0.294 e. The zero-order valence-corrected chi connectivity index (χ0v) is 12.7. The topological polar surface area (TPSA) is 139 Å². The van der Waals surface area contributed by atoms with E-state index < -0.39 is 25.0 Å². The summed E-state index contributed by atoms with van der Waals surface area (Å²) in [5.74, 6) is 5.22. The number of anilines is 2. The van der Waals surface area contributed by atoms with Gasteiger partial charge in [0.25, 0.3) is 20.1 Å². The normalized spacial score (nSPS) is 11.9. The highest BCUT2D eigenvalue weighted by Gasteiger charge is 2.16. The Hall–Kier alpha value is -2.14. The van der Waals surface area contributed by atoms with Crippen LogP contribution >= 0.6 is 0 Å². The molecule has 0 fully saturated rings. The molecule has 0 amide bonds. The molecule has 0 saturated heterocycles. The van der Waals surface area contributed by atoms with E-state index in [0.29, 0.717) is 5.69 Å². The van der Waals surface area contributed by atoms with Gasteiger partial charge in [0.2, 0.25) is 0 Å². The molecule has 0 radical (unpaired) electrons. The van der Waals surface area contributed by atoms with E-state index in [0.717, 1.165) is 12.1 Å². The SMILES string of the molecule is NNc1cccc(S(=O)(=O)Nc2cccc(S(=O)(=O)O)c2)c1. The molecule has 2 aromatic rings. The van der Waals surface area contributed by atoms with Crippen molar-refractivity contribution in [1.29, 1.82) is 0 Å². The number of nitrogen functional groups attached to an aromatic ring is 1. The molecular weight excluding hydrogens is 330 g/mol. The summed E-state index contributed by atoms with van der Waals surface area (Å²) in [5.41, 5.74) is 2.73. The summed E-state index contributed by atoms with van der Waals surface area (Å²) in [5, 5.41) is 0. The Bertz CT molecular complexity index is 894. The van der Waals surface area contributed by atoms with Crippen LogP contribution in [0, 0.1) is 0 Å². The lowest BCUT2D eigenvalue weighted by Gasteiger charge is -2.10. The quantitative estimate of drug-likeness (QED) is 0.361.